The standard InChI is InChI=1S/C21H26FN3O/c22-18-9-7-16(8-10-18)15-25(13-11-19-5-1-2-12-24-19)21(26)14-17-4-3-6-20(17)23/h1-2,5,7-10,12,17,20H,3-4,6,11,13-15,23H2/t17-,20+/m0/s1. The van der Waals surface area contributed by atoms with Gasteiger partial charge in [-0.1, -0.05) is 24.6 Å². The molecule has 138 valence electrons. The first kappa shape index (κ1) is 18.5. The molecule has 1 aliphatic carbocycles. The average molecular weight is 355 g/mol. The van der Waals surface area contributed by atoms with Gasteiger partial charge in [-0.3, -0.25) is 9.78 Å². The molecule has 0 bridgehead atoms. The third kappa shape index (κ3) is 5.11. The van der Waals surface area contributed by atoms with Gasteiger partial charge in [0.05, 0.1) is 0 Å². The van der Waals surface area contributed by atoms with Gasteiger partial charge < -0.3 is 10.6 Å². The highest BCUT2D eigenvalue weighted by atomic mass is 19.1. The Morgan fingerprint density at radius 2 is 2.00 bits per heavy atom. The molecule has 0 aliphatic heterocycles. The van der Waals surface area contributed by atoms with E-state index in [1.54, 1.807) is 18.3 Å². The zero-order valence-electron chi connectivity index (χ0n) is 15.0. The molecule has 1 heterocycles. The monoisotopic (exact) mass is 355 g/mol. The van der Waals surface area contributed by atoms with E-state index >= 15 is 0 Å². The van der Waals surface area contributed by atoms with Crippen molar-refractivity contribution in [3.05, 3.63) is 65.7 Å². The fraction of sp³-hybridized carbons (Fsp3) is 0.429. The minimum Gasteiger partial charge on any atom is -0.338 e. The van der Waals surface area contributed by atoms with Gasteiger partial charge in [0, 0.05) is 43.9 Å². The Morgan fingerprint density at radius 3 is 2.65 bits per heavy atom. The Labute approximate surface area is 154 Å². The number of amides is 1. The van der Waals surface area contributed by atoms with Crippen molar-refractivity contribution < 1.29 is 9.18 Å². The van der Waals surface area contributed by atoms with Gasteiger partial charge in [0.2, 0.25) is 5.91 Å². The summed E-state index contributed by atoms with van der Waals surface area (Å²) in [5, 5.41) is 0. The molecule has 1 fully saturated rings. The molecular weight excluding hydrogens is 329 g/mol. The third-order valence-corrected chi connectivity index (χ3v) is 5.16. The van der Waals surface area contributed by atoms with Gasteiger partial charge in [0.25, 0.3) is 0 Å². The van der Waals surface area contributed by atoms with E-state index in [0.717, 1.165) is 30.5 Å². The number of benzene rings is 1. The van der Waals surface area contributed by atoms with Crippen LogP contribution in [0.25, 0.3) is 0 Å². The normalized spacial score (nSPS) is 19.5. The highest BCUT2D eigenvalue weighted by molar-refractivity contribution is 5.76. The van der Waals surface area contributed by atoms with Crippen LogP contribution in [0.5, 0.6) is 0 Å². The molecule has 1 amide bonds. The lowest BCUT2D eigenvalue weighted by molar-refractivity contribution is -0.132. The molecule has 5 heteroatoms. The quantitative estimate of drug-likeness (QED) is 0.829. The van der Waals surface area contributed by atoms with Gasteiger partial charge >= 0.3 is 0 Å². The number of carbonyl (C=O) groups is 1. The number of halogens is 1. The smallest absolute Gasteiger partial charge is 0.223 e. The number of carbonyl (C=O) groups excluding carboxylic acids is 1. The van der Waals surface area contributed by atoms with Crippen LogP contribution in [0, 0.1) is 11.7 Å². The first-order valence-electron chi connectivity index (χ1n) is 9.29. The van der Waals surface area contributed by atoms with Crippen LogP contribution in [0.2, 0.25) is 0 Å². The van der Waals surface area contributed by atoms with Gasteiger partial charge in [-0.2, -0.15) is 0 Å². The Morgan fingerprint density at radius 1 is 1.19 bits per heavy atom. The lowest BCUT2D eigenvalue weighted by Gasteiger charge is -2.25. The summed E-state index contributed by atoms with van der Waals surface area (Å²) < 4.78 is 13.2. The summed E-state index contributed by atoms with van der Waals surface area (Å²) in [5.74, 6) is 0.123. The van der Waals surface area contributed by atoms with E-state index in [1.807, 2.05) is 23.1 Å². The number of pyridine rings is 1. The van der Waals surface area contributed by atoms with Gasteiger partial charge in [-0.05, 0) is 48.6 Å². The fourth-order valence-corrected chi connectivity index (χ4v) is 3.57. The van der Waals surface area contributed by atoms with Crippen LogP contribution in [-0.2, 0) is 17.8 Å². The third-order valence-electron chi connectivity index (χ3n) is 5.16. The molecule has 0 radical (unpaired) electrons. The van der Waals surface area contributed by atoms with Crippen molar-refractivity contribution in [3.8, 4) is 0 Å². The van der Waals surface area contributed by atoms with Gasteiger partial charge in [0.1, 0.15) is 5.82 Å². The van der Waals surface area contributed by atoms with Crippen molar-refractivity contribution in [1.29, 1.82) is 0 Å². The number of aromatic nitrogens is 1. The first-order valence-corrected chi connectivity index (χ1v) is 9.29. The van der Waals surface area contributed by atoms with Crippen molar-refractivity contribution in [3.63, 3.8) is 0 Å². The largest absolute Gasteiger partial charge is 0.338 e. The van der Waals surface area contributed by atoms with Crippen molar-refractivity contribution in [2.24, 2.45) is 11.7 Å². The second kappa shape index (κ2) is 8.90. The van der Waals surface area contributed by atoms with Crippen LogP contribution in [0.1, 0.15) is 36.9 Å². The van der Waals surface area contributed by atoms with Crippen molar-refractivity contribution in [1.82, 2.24) is 9.88 Å². The lowest BCUT2D eigenvalue weighted by atomic mass is 9.99. The van der Waals surface area contributed by atoms with Crippen molar-refractivity contribution in [2.45, 2.75) is 44.7 Å². The highest BCUT2D eigenvalue weighted by Gasteiger charge is 2.28. The summed E-state index contributed by atoms with van der Waals surface area (Å²) in [6, 6.07) is 12.3. The summed E-state index contributed by atoms with van der Waals surface area (Å²) in [6.45, 7) is 1.07. The Balaban J connectivity index is 1.67. The maximum Gasteiger partial charge on any atom is 0.223 e. The second-order valence-electron chi connectivity index (χ2n) is 7.07. The fourth-order valence-electron chi connectivity index (χ4n) is 3.57. The lowest BCUT2D eigenvalue weighted by Crippen LogP contribution is -2.36. The predicted octanol–water partition coefficient (Wildman–Crippen LogP) is 3.31. The van der Waals surface area contributed by atoms with E-state index in [-0.39, 0.29) is 23.7 Å². The van der Waals surface area contributed by atoms with Crippen LogP contribution in [0.15, 0.2) is 48.7 Å². The van der Waals surface area contributed by atoms with E-state index < -0.39 is 0 Å². The van der Waals surface area contributed by atoms with E-state index in [9.17, 15) is 9.18 Å². The van der Waals surface area contributed by atoms with Crippen LogP contribution < -0.4 is 5.73 Å². The summed E-state index contributed by atoms with van der Waals surface area (Å²) in [4.78, 5) is 19.1. The molecule has 4 nitrogen and oxygen atoms in total. The minimum absolute atomic E-state index is 0.118. The topological polar surface area (TPSA) is 59.2 Å². The number of hydrogen-bond donors (Lipinski definition) is 1. The van der Waals surface area contributed by atoms with Crippen LogP contribution in [0.4, 0.5) is 4.39 Å². The van der Waals surface area contributed by atoms with Crippen LogP contribution in [-0.4, -0.2) is 28.4 Å². The molecule has 2 N–H and O–H groups in total. The molecule has 2 aromatic rings. The minimum atomic E-state index is -0.267. The number of rotatable bonds is 7. The van der Waals surface area contributed by atoms with Crippen LogP contribution in [0.3, 0.4) is 0 Å². The van der Waals surface area contributed by atoms with E-state index in [4.69, 9.17) is 5.73 Å². The molecule has 1 aromatic heterocycles. The molecule has 3 rings (SSSR count). The van der Waals surface area contributed by atoms with Crippen LogP contribution >= 0.6 is 0 Å². The molecule has 0 saturated heterocycles. The van der Waals surface area contributed by atoms with E-state index in [2.05, 4.69) is 4.98 Å². The number of nitrogens with two attached hydrogens (primary N) is 1. The Bertz CT molecular complexity index is 705. The molecule has 1 aliphatic rings. The average Bonchev–Trinajstić information content (AvgIpc) is 3.05. The van der Waals surface area contributed by atoms with Gasteiger partial charge in [-0.25, -0.2) is 4.39 Å². The maximum atomic E-state index is 13.2. The molecule has 2 atom stereocenters. The number of hydrogen-bond acceptors (Lipinski definition) is 3. The Kier molecular flexibility index (Phi) is 6.34. The van der Waals surface area contributed by atoms with Gasteiger partial charge in [-0.15, -0.1) is 0 Å². The summed E-state index contributed by atoms with van der Waals surface area (Å²) in [6.07, 6.45) is 6.08. The zero-order valence-corrected chi connectivity index (χ0v) is 15.0. The molecule has 1 aromatic carbocycles. The Hall–Kier alpha value is -2.27. The molecule has 0 unspecified atom stereocenters. The molecular formula is C21H26FN3O. The van der Waals surface area contributed by atoms with Crippen molar-refractivity contribution in [2.75, 3.05) is 6.54 Å². The summed E-state index contributed by atoms with van der Waals surface area (Å²) in [5.41, 5.74) is 8.03. The second-order valence-corrected chi connectivity index (χ2v) is 7.07. The van der Waals surface area contributed by atoms with Crippen molar-refractivity contribution >= 4 is 5.91 Å². The maximum absolute atomic E-state index is 13.2. The number of nitrogens with zero attached hydrogens (tertiary/aromatic N) is 2. The SMILES string of the molecule is N[C@@H]1CCC[C@H]1CC(=O)N(CCc1ccccn1)Cc1ccc(F)cc1. The van der Waals surface area contributed by atoms with E-state index in [1.165, 1.54) is 12.1 Å². The van der Waals surface area contributed by atoms with E-state index in [0.29, 0.717) is 25.9 Å². The highest BCUT2D eigenvalue weighted by Crippen LogP contribution is 2.27. The molecule has 0 spiro atoms. The molecule has 26 heavy (non-hydrogen) atoms. The first-order chi connectivity index (χ1) is 12.6. The molecule has 1 saturated carbocycles. The summed E-state index contributed by atoms with van der Waals surface area (Å²) >= 11 is 0. The summed E-state index contributed by atoms with van der Waals surface area (Å²) in [7, 11) is 0. The zero-order chi connectivity index (χ0) is 18.4. The van der Waals surface area contributed by atoms with Gasteiger partial charge in [0.15, 0.2) is 0 Å². The predicted molar refractivity (Wildman–Crippen MR) is 99.7 cm³/mol.